The Balaban J connectivity index is 1.33. The summed E-state index contributed by atoms with van der Waals surface area (Å²) in [5.74, 6) is 0.997. The number of hydrogen-bond donors (Lipinski definition) is 0. The van der Waals surface area contributed by atoms with Crippen LogP contribution in [0, 0.1) is 5.92 Å². The summed E-state index contributed by atoms with van der Waals surface area (Å²) >= 11 is 0. The molecule has 28 heavy (non-hydrogen) atoms. The monoisotopic (exact) mass is 386 g/mol. The molecule has 1 atom stereocenters. The van der Waals surface area contributed by atoms with Gasteiger partial charge in [-0.25, -0.2) is 0 Å². The first-order valence-electron chi connectivity index (χ1n) is 10.9. The topological polar surface area (TPSA) is 49.9 Å². The predicted molar refractivity (Wildman–Crippen MR) is 110 cm³/mol. The Bertz CT molecular complexity index is 614. The first-order valence-corrected chi connectivity index (χ1v) is 10.9. The standard InChI is InChI=1S/C23H34N2O3/c26-22(11-5-4-9-20-7-2-1-3-8-20)25-14-6-10-21(19-25)12-13-23(27)24-15-17-28-18-16-24/h1-3,7-8,21H,4-6,9-19H2/t21-/m1/s1. The normalized spacial score (nSPS) is 20.2. The Kier molecular flexibility index (Phi) is 8.34. The lowest BCUT2D eigenvalue weighted by molar-refractivity contribution is -0.135. The molecule has 0 aromatic heterocycles. The summed E-state index contributed by atoms with van der Waals surface area (Å²) in [6.07, 6.45) is 7.39. The van der Waals surface area contributed by atoms with E-state index in [1.165, 1.54) is 5.56 Å². The molecule has 154 valence electrons. The third-order valence-corrected chi connectivity index (χ3v) is 5.95. The lowest BCUT2D eigenvalue weighted by atomic mass is 9.92. The van der Waals surface area contributed by atoms with E-state index in [-0.39, 0.29) is 11.8 Å². The number of nitrogens with zero attached hydrogens (tertiary/aromatic N) is 2. The van der Waals surface area contributed by atoms with Gasteiger partial charge >= 0.3 is 0 Å². The van der Waals surface area contributed by atoms with Crippen LogP contribution in [0.5, 0.6) is 0 Å². The smallest absolute Gasteiger partial charge is 0.222 e. The molecule has 0 radical (unpaired) electrons. The largest absolute Gasteiger partial charge is 0.378 e. The van der Waals surface area contributed by atoms with Crippen LogP contribution in [0.3, 0.4) is 0 Å². The van der Waals surface area contributed by atoms with E-state index in [1.54, 1.807) is 0 Å². The highest BCUT2D eigenvalue weighted by Gasteiger charge is 2.25. The Morgan fingerprint density at radius 2 is 1.68 bits per heavy atom. The van der Waals surface area contributed by atoms with Gasteiger partial charge in [-0.1, -0.05) is 30.3 Å². The van der Waals surface area contributed by atoms with Crippen LogP contribution in [0.4, 0.5) is 0 Å². The van der Waals surface area contributed by atoms with E-state index in [4.69, 9.17) is 4.74 Å². The molecule has 0 spiro atoms. The molecule has 0 aliphatic carbocycles. The van der Waals surface area contributed by atoms with Crippen molar-refractivity contribution in [2.45, 2.75) is 51.4 Å². The number of piperidine rings is 1. The van der Waals surface area contributed by atoms with Crippen LogP contribution in [0.25, 0.3) is 0 Å². The Morgan fingerprint density at radius 3 is 2.46 bits per heavy atom. The molecule has 2 aliphatic heterocycles. The van der Waals surface area contributed by atoms with Gasteiger partial charge in [0.15, 0.2) is 0 Å². The van der Waals surface area contributed by atoms with Crippen LogP contribution in [0.1, 0.15) is 50.5 Å². The van der Waals surface area contributed by atoms with Gasteiger partial charge in [-0.15, -0.1) is 0 Å². The zero-order valence-corrected chi connectivity index (χ0v) is 17.0. The summed E-state index contributed by atoms with van der Waals surface area (Å²) in [5.41, 5.74) is 1.35. The molecule has 0 N–H and O–H groups in total. The maximum Gasteiger partial charge on any atom is 0.222 e. The molecule has 2 amide bonds. The second kappa shape index (κ2) is 11.2. The number of amides is 2. The number of benzene rings is 1. The van der Waals surface area contributed by atoms with Crippen molar-refractivity contribution >= 4 is 11.8 Å². The molecule has 2 heterocycles. The maximum atomic E-state index is 12.6. The van der Waals surface area contributed by atoms with E-state index >= 15 is 0 Å². The van der Waals surface area contributed by atoms with Crippen molar-refractivity contribution in [1.29, 1.82) is 0 Å². The summed E-state index contributed by atoms with van der Waals surface area (Å²) in [6.45, 7) is 4.46. The summed E-state index contributed by atoms with van der Waals surface area (Å²) < 4.78 is 5.31. The fraction of sp³-hybridized carbons (Fsp3) is 0.652. The van der Waals surface area contributed by atoms with Gasteiger partial charge in [-0.3, -0.25) is 9.59 Å². The number of likely N-dealkylation sites (tertiary alicyclic amines) is 1. The highest BCUT2D eigenvalue weighted by molar-refractivity contribution is 5.77. The molecule has 2 aliphatic rings. The molecule has 2 saturated heterocycles. The molecule has 3 rings (SSSR count). The van der Waals surface area contributed by atoms with Gasteiger partial charge in [-0.2, -0.15) is 0 Å². The predicted octanol–water partition coefficient (Wildman–Crippen LogP) is 3.28. The SMILES string of the molecule is O=C(CC[C@H]1CCCN(C(=O)CCCCc2ccccc2)C1)N1CCOCC1. The Morgan fingerprint density at radius 1 is 0.929 bits per heavy atom. The molecule has 0 saturated carbocycles. The molecule has 5 nitrogen and oxygen atoms in total. The van der Waals surface area contributed by atoms with Crippen molar-refractivity contribution < 1.29 is 14.3 Å². The Hall–Kier alpha value is -1.88. The molecular formula is C23H34N2O3. The van der Waals surface area contributed by atoms with E-state index in [1.807, 2.05) is 15.9 Å². The van der Waals surface area contributed by atoms with Gasteiger partial charge < -0.3 is 14.5 Å². The van der Waals surface area contributed by atoms with Crippen LogP contribution in [-0.2, 0) is 20.7 Å². The van der Waals surface area contributed by atoms with Crippen molar-refractivity contribution in [2.24, 2.45) is 5.92 Å². The molecular weight excluding hydrogens is 352 g/mol. The highest BCUT2D eigenvalue weighted by Crippen LogP contribution is 2.22. The van der Waals surface area contributed by atoms with E-state index < -0.39 is 0 Å². The van der Waals surface area contributed by atoms with Crippen LogP contribution < -0.4 is 0 Å². The van der Waals surface area contributed by atoms with Gasteiger partial charge in [0.25, 0.3) is 0 Å². The Labute approximate surface area is 169 Å². The van der Waals surface area contributed by atoms with Crippen molar-refractivity contribution in [3.63, 3.8) is 0 Å². The second-order valence-electron chi connectivity index (χ2n) is 8.07. The molecule has 5 heteroatoms. The van der Waals surface area contributed by atoms with E-state index in [0.29, 0.717) is 32.0 Å². The minimum atomic E-state index is 0.243. The van der Waals surface area contributed by atoms with Crippen molar-refractivity contribution in [3.05, 3.63) is 35.9 Å². The van der Waals surface area contributed by atoms with Crippen LogP contribution in [-0.4, -0.2) is 61.0 Å². The molecule has 0 bridgehead atoms. The van der Waals surface area contributed by atoms with Gasteiger partial charge in [0, 0.05) is 39.0 Å². The quantitative estimate of drug-likeness (QED) is 0.644. The van der Waals surface area contributed by atoms with Crippen LogP contribution >= 0.6 is 0 Å². The molecule has 1 aromatic carbocycles. The van der Waals surface area contributed by atoms with Gasteiger partial charge in [-0.05, 0) is 50.0 Å². The minimum Gasteiger partial charge on any atom is -0.378 e. The van der Waals surface area contributed by atoms with Crippen molar-refractivity contribution in [3.8, 4) is 0 Å². The number of carbonyl (C=O) groups is 2. The zero-order chi connectivity index (χ0) is 19.6. The number of carbonyl (C=O) groups excluding carboxylic acids is 2. The van der Waals surface area contributed by atoms with E-state index in [9.17, 15) is 9.59 Å². The van der Waals surface area contributed by atoms with E-state index in [2.05, 4.69) is 24.3 Å². The number of rotatable bonds is 8. The minimum absolute atomic E-state index is 0.243. The summed E-state index contributed by atoms with van der Waals surface area (Å²) in [4.78, 5) is 28.9. The van der Waals surface area contributed by atoms with Gasteiger partial charge in [0.05, 0.1) is 13.2 Å². The lowest BCUT2D eigenvalue weighted by Gasteiger charge is -2.33. The number of ether oxygens (including phenoxy) is 1. The fourth-order valence-electron chi connectivity index (χ4n) is 4.23. The molecule has 1 aromatic rings. The average Bonchev–Trinajstić information content (AvgIpc) is 2.76. The average molecular weight is 387 g/mol. The third-order valence-electron chi connectivity index (χ3n) is 5.95. The molecule has 2 fully saturated rings. The third kappa shape index (κ3) is 6.62. The van der Waals surface area contributed by atoms with E-state index in [0.717, 1.165) is 64.7 Å². The zero-order valence-electron chi connectivity index (χ0n) is 17.0. The van der Waals surface area contributed by atoms with Crippen molar-refractivity contribution in [2.75, 3.05) is 39.4 Å². The van der Waals surface area contributed by atoms with Crippen LogP contribution in [0.2, 0.25) is 0 Å². The first kappa shape index (κ1) is 20.8. The second-order valence-corrected chi connectivity index (χ2v) is 8.07. The number of hydrogen-bond acceptors (Lipinski definition) is 3. The first-order chi connectivity index (χ1) is 13.7. The summed E-state index contributed by atoms with van der Waals surface area (Å²) in [7, 11) is 0. The number of aryl methyl sites for hydroxylation is 1. The molecule has 0 unspecified atom stereocenters. The fourth-order valence-corrected chi connectivity index (χ4v) is 4.23. The van der Waals surface area contributed by atoms with Gasteiger partial charge in [0.1, 0.15) is 0 Å². The number of unbranched alkanes of at least 4 members (excludes halogenated alkanes) is 1. The highest BCUT2D eigenvalue weighted by atomic mass is 16.5. The number of morpholine rings is 1. The van der Waals surface area contributed by atoms with Crippen LogP contribution in [0.15, 0.2) is 30.3 Å². The van der Waals surface area contributed by atoms with Gasteiger partial charge in [0.2, 0.25) is 11.8 Å². The summed E-state index contributed by atoms with van der Waals surface area (Å²) in [5, 5.41) is 0. The van der Waals surface area contributed by atoms with Crippen molar-refractivity contribution in [1.82, 2.24) is 9.80 Å². The maximum absolute atomic E-state index is 12.6. The lowest BCUT2D eigenvalue weighted by Crippen LogP contribution is -2.42. The summed E-state index contributed by atoms with van der Waals surface area (Å²) in [6, 6.07) is 10.5.